The summed E-state index contributed by atoms with van der Waals surface area (Å²) in [6.07, 6.45) is -0.787. The third-order valence-corrected chi connectivity index (χ3v) is 4.59. The Kier molecular flexibility index (Phi) is 4.42. The first-order valence-electron chi connectivity index (χ1n) is 8.83. The number of hydrogen-bond donors (Lipinski definition) is 0. The standard InChI is InChI=1S/C22H21N3O2/c1-23(2)18-15-13-17(14-16-18)21-24(19-9-5-3-6-10-19)22(26)27-25(21)20-11-7-4-8-12-20/h3-16,21H,1-2H3. The normalized spacial score (nSPS) is 16.4. The second-order valence-corrected chi connectivity index (χ2v) is 6.58. The van der Waals surface area contributed by atoms with Crippen LogP contribution in [0.1, 0.15) is 11.7 Å². The summed E-state index contributed by atoms with van der Waals surface area (Å²) >= 11 is 0. The lowest BCUT2D eigenvalue weighted by atomic mass is 10.1. The quantitative estimate of drug-likeness (QED) is 0.668. The predicted octanol–water partition coefficient (Wildman–Crippen LogP) is 4.83. The minimum Gasteiger partial charge on any atom is -0.378 e. The van der Waals surface area contributed by atoms with Crippen molar-refractivity contribution in [3.8, 4) is 0 Å². The molecule has 0 N–H and O–H groups in total. The number of rotatable bonds is 4. The molecule has 5 nitrogen and oxygen atoms in total. The predicted molar refractivity (Wildman–Crippen MR) is 108 cm³/mol. The van der Waals surface area contributed by atoms with Crippen LogP contribution >= 0.6 is 0 Å². The van der Waals surface area contributed by atoms with E-state index < -0.39 is 12.3 Å². The van der Waals surface area contributed by atoms with Gasteiger partial charge in [0.25, 0.3) is 0 Å². The molecule has 0 radical (unpaired) electrons. The molecule has 0 aliphatic carbocycles. The van der Waals surface area contributed by atoms with Crippen molar-refractivity contribution in [2.24, 2.45) is 0 Å². The van der Waals surface area contributed by atoms with Crippen LogP contribution in [0.3, 0.4) is 0 Å². The lowest BCUT2D eigenvalue weighted by Crippen LogP contribution is -2.31. The lowest BCUT2D eigenvalue weighted by molar-refractivity contribution is 0.164. The van der Waals surface area contributed by atoms with E-state index in [1.807, 2.05) is 104 Å². The van der Waals surface area contributed by atoms with Gasteiger partial charge in [-0.15, -0.1) is 0 Å². The molecule has 4 rings (SSSR count). The number of carbonyl (C=O) groups excluding carboxylic acids is 1. The molecule has 136 valence electrons. The maximum absolute atomic E-state index is 12.8. The summed E-state index contributed by atoms with van der Waals surface area (Å²) in [4.78, 5) is 22.2. The average Bonchev–Trinajstić information content (AvgIpc) is 3.06. The molecule has 1 saturated heterocycles. The molecule has 1 fully saturated rings. The van der Waals surface area contributed by atoms with Gasteiger partial charge in [0.05, 0.1) is 5.69 Å². The van der Waals surface area contributed by atoms with Crippen LogP contribution in [0, 0.1) is 0 Å². The van der Waals surface area contributed by atoms with E-state index in [4.69, 9.17) is 4.84 Å². The molecular weight excluding hydrogens is 338 g/mol. The number of amides is 1. The summed E-state index contributed by atoms with van der Waals surface area (Å²) < 4.78 is 0. The zero-order valence-electron chi connectivity index (χ0n) is 15.3. The van der Waals surface area contributed by atoms with Crippen LogP contribution in [0.5, 0.6) is 0 Å². The van der Waals surface area contributed by atoms with E-state index in [-0.39, 0.29) is 0 Å². The number of hydrogen-bond acceptors (Lipinski definition) is 4. The van der Waals surface area contributed by atoms with Crippen molar-refractivity contribution in [2.45, 2.75) is 6.17 Å². The van der Waals surface area contributed by atoms with Crippen LogP contribution in [0.4, 0.5) is 21.9 Å². The maximum atomic E-state index is 12.8. The third-order valence-electron chi connectivity index (χ3n) is 4.59. The lowest BCUT2D eigenvalue weighted by Gasteiger charge is -2.28. The van der Waals surface area contributed by atoms with E-state index in [0.29, 0.717) is 0 Å². The van der Waals surface area contributed by atoms with E-state index in [9.17, 15) is 4.79 Å². The van der Waals surface area contributed by atoms with Gasteiger partial charge in [-0.2, -0.15) is 5.06 Å². The minimum atomic E-state index is -0.397. The molecule has 1 atom stereocenters. The second-order valence-electron chi connectivity index (χ2n) is 6.58. The minimum absolute atomic E-state index is 0.390. The van der Waals surface area contributed by atoms with Gasteiger partial charge in [-0.05, 0) is 42.0 Å². The number of para-hydroxylation sites is 2. The highest BCUT2D eigenvalue weighted by Crippen LogP contribution is 2.39. The molecule has 1 aliphatic rings. The van der Waals surface area contributed by atoms with Crippen LogP contribution in [-0.4, -0.2) is 20.2 Å². The Balaban J connectivity index is 1.80. The zero-order valence-corrected chi connectivity index (χ0v) is 15.3. The van der Waals surface area contributed by atoms with Gasteiger partial charge in [0, 0.05) is 25.5 Å². The highest BCUT2D eigenvalue weighted by Gasteiger charge is 2.42. The van der Waals surface area contributed by atoms with Crippen LogP contribution < -0.4 is 14.9 Å². The van der Waals surface area contributed by atoms with E-state index in [1.54, 1.807) is 9.96 Å². The van der Waals surface area contributed by atoms with Gasteiger partial charge in [0.1, 0.15) is 0 Å². The Labute approximate surface area is 159 Å². The Bertz CT molecular complexity index is 911. The highest BCUT2D eigenvalue weighted by atomic mass is 16.7. The molecule has 1 unspecified atom stereocenters. The first kappa shape index (κ1) is 17.0. The van der Waals surface area contributed by atoms with Gasteiger partial charge >= 0.3 is 6.09 Å². The highest BCUT2D eigenvalue weighted by molar-refractivity contribution is 5.92. The molecule has 0 aromatic heterocycles. The summed E-state index contributed by atoms with van der Waals surface area (Å²) in [5.74, 6) is 0. The average molecular weight is 359 g/mol. The van der Waals surface area contributed by atoms with Crippen molar-refractivity contribution < 1.29 is 9.63 Å². The summed E-state index contributed by atoms with van der Waals surface area (Å²) in [5.41, 5.74) is 3.69. The van der Waals surface area contributed by atoms with Crippen molar-refractivity contribution >= 4 is 23.2 Å². The molecule has 3 aromatic carbocycles. The zero-order chi connectivity index (χ0) is 18.8. The van der Waals surface area contributed by atoms with Crippen molar-refractivity contribution in [2.75, 3.05) is 29.0 Å². The Hall–Kier alpha value is -3.47. The van der Waals surface area contributed by atoms with Crippen molar-refractivity contribution in [3.05, 3.63) is 90.5 Å². The third kappa shape index (κ3) is 3.19. The van der Waals surface area contributed by atoms with Crippen LogP contribution in [0.2, 0.25) is 0 Å². The molecule has 0 saturated carbocycles. The second kappa shape index (κ2) is 7.03. The first-order chi connectivity index (χ1) is 13.1. The Morgan fingerprint density at radius 1 is 0.778 bits per heavy atom. The molecule has 27 heavy (non-hydrogen) atoms. The van der Waals surface area contributed by atoms with Gasteiger partial charge in [-0.25, -0.2) is 9.69 Å². The van der Waals surface area contributed by atoms with Gasteiger partial charge in [-0.1, -0.05) is 48.5 Å². The van der Waals surface area contributed by atoms with E-state index in [1.165, 1.54) is 0 Å². The summed E-state index contributed by atoms with van der Waals surface area (Å²) in [6, 6.07) is 27.4. The van der Waals surface area contributed by atoms with E-state index in [0.717, 1.165) is 22.6 Å². The van der Waals surface area contributed by atoms with Gasteiger partial charge in [-0.3, -0.25) is 0 Å². The molecular formula is C22H21N3O2. The number of carbonyl (C=O) groups is 1. The number of anilines is 3. The van der Waals surface area contributed by atoms with Crippen LogP contribution in [0.25, 0.3) is 0 Å². The Morgan fingerprint density at radius 2 is 1.33 bits per heavy atom. The number of benzene rings is 3. The molecule has 1 aliphatic heterocycles. The largest absolute Gasteiger partial charge is 0.440 e. The smallest absolute Gasteiger partial charge is 0.378 e. The maximum Gasteiger partial charge on any atom is 0.440 e. The van der Waals surface area contributed by atoms with Gasteiger partial charge in [0.2, 0.25) is 0 Å². The molecule has 1 amide bonds. The molecule has 0 bridgehead atoms. The summed E-state index contributed by atoms with van der Waals surface area (Å²) in [5, 5.41) is 1.67. The fraction of sp³-hybridized carbons (Fsp3) is 0.136. The molecule has 5 heteroatoms. The Morgan fingerprint density at radius 3 is 1.89 bits per heavy atom. The van der Waals surface area contributed by atoms with Crippen molar-refractivity contribution in [1.82, 2.24) is 0 Å². The van der Waals surface area contributed by atoms with Crippen molar-refractivity contribution in [3.63, 3.8) is 0 Å². The van der Waals surface area contributed by atoms with Crippen LogP contribution in [0.15, 0.2) is 84.9 Å². The molecule has 3 aromatic rings. The monoisotopic (exact) mass is 359 g/mol. The van der Waals surface area contributed by atoms with Gasteiger partial charge in [0.15, 0.2) is 6.17 Å². The van der Waals surface area contributed by atoms with E-state index >= 15 is 0 Å². The number of nitrogens with zero attached hydrogens (tertiary/aromatic N) is 3. The van der Waals surface area contributed by atoms with Gasteiger partial charge < -0.3 is 9.74 Å². The summed E-state index contributed by atoms with van der Waals surface area (Å²) in [7, 11) is 4.01. The first-order valence-corrected chi connectivity index (χ1v) is 8.83. The molecule has 0 spiro atoms. The number of hydroxylamine groups is 1. The van der Waals surface area contributed by atoms with Crippen molar-refractivity contribution in [1.29, 1.82) is 0 Å². The molecule has 1 heterocycles. The fourth-order valence-electron chi connectivity index (χ4n) is 3.22. The summed E-state index contributed by atoms with van der Waals surface area (Å²) in [6.45, 7) is 0. The van der Waals surface area contributed by atoms with E-state index in [2.05, 4.69) is 0 Å². The fourth-order valence-corrected chi connectivity index (χ4v) is 3.22. The topological polar surface area (TPSA) is 36.0 Å². The van der Waals surface area contributed by atoms with Crippen LogP contribution in [-0.2, 0) is 4.84 Å². The SMILES string of the molecule is CN(C)c1ccc(C2N(c3ccccc3)OC(=O)N2c2ccccc2)cc1.